The minimum atomic E-state index is -0.798. The highest BCUT2D eigenvalue weighted by molar-refractivity contribution is 5.64. The lowest BCUT2D eigenvalue weighted by Crippen LogP contribution is -2.50. The van der Waals surface area contributed by atoms with Crippen LogP contribution >= 0.6 is 0 Å². The monoisotopic (exact) mass is 286 g/mol. The van der Waals surface area contributed by atoms with E-state index >= 15 is 0 Å². The topological polar surface area (TPSA) is 93.9 Å². The SMILES string of the molecule is COc1cc(NCC2(CO)COC2)c([N+](=O)[O-])cc1F. The van der Waals surface area contributed by atoms with Gasteiger partial charge in [0.15, 0.2) is 11.6 Å². The summed E-state index contributed by atoms with van der Waals surface area (Å²) >= 11 is 0. The van der Waals surface area contributed by atoms with E-state index in [9.17, 15) is 19.6 Å². The molecule has 1 aliphatic heterocycles. The number of nitro benzene ring substituents is 1. The Labute approximate surface area is 114 Å². The minimum absolute atomic E-state index is 0.0824. The number of ether oxygens (including phenoxy) is 2. The van der Waals surface area contributed by atoms with Gasteiger partial charge < -0.3 is 19.9 Å². The van der Waals surface area contributed by atoms with Crippen LogP contribution < -0.4 is 10.1 Å². The smallest absolute Gasteiger partial charge is 0.295 e. The van der Waals surface area contributed by atoms with Crippen LogP contribution in [-0.2, 0) is 4.74 Å². The fourth-order valence-electron chi connectivity index (χ4n) is 1.91. The number of aliphatic hydroxyl groups is 1. The largest absolute Gasteiger partial charge is 0.494 e. The number of aliphatic hydroxyl groups excluding tert-OH is 1. The van der Waals surface area contributed by atoms with Crippen molar-refractivity contribution < 1.29 is 23.9 Å². The molecule has 0 amide bonds. The van der Waals surface area contributed by atoms with Crippen molar-refractivity contribution in [3.8, 4) is 5.75 Å². The third-order valence-corrected chi connectivity index (χ3v) is 3.27. The molecule has 2 N–H and O–H groups in total. The molecular formula is C12H15FN2O5. The van der Waals surface area contributed by atoms with Crippen LogP contribution in [0.1, 0.15) is 0 Å². The van der Waals surface area contributed by atoms with Crippen LogP contribution in [0.2, 0.25) is 0 Å². The Morgan fingerprint density at radius 1 is 1.60 bits per heavy atom. The molecule has 0 bridgehead atoms. The second-order valence-corrected chi connectivity index (χ2v) is 4.77. The van der Waals surface area contributed by atoms with E-state index in [0.717, 1.165) is 6.07 Å². The fourth-order valence-corrected chi connectivity index (χ4v) is 1.91. The van der Waals surface area contributed by atoms with Gasteiger partial charge in [0.05, 0.1) is 43.3 Å². The van der Waals surface area contributed by atoms with E-state index in [2.05, 4.69) is 5.32 Å². The molecule has 0 atom stereocenters. The number of halogens is 1. The number of hydrogen-bond donors (Lipinski definition) is 2. The summed E-state index contributed by atoms with van der Waals surface area (Å²) in [6.07, 6.45) is 0. The van der Waals surface area contributed by atoms with E-state index in [1.165, 1.54) is 13.2 Å². The van der Waals surface area contributed by atoms with Crippen LogP contribution in [-0.4, -0.2) is 43.5 Å². The van der Waals surface area contributed by atoms with Crippen molar-refractivity contribution in [2.24, 2.45) is 5.41 Å². The predicted octanol–water partition coefficient (Wildman–Crippen LogP) is 1.16. The first-order valence-electron chi connectivity index (χ1n) is 5.96. The highest BCUT2D eigenvalue weighted by Crippen LogP contribution is 2.34. The summed E-state index contributed by atoms with van der Waals surface area (Å²) in [5, 5.41) is 23.1. The number of nitrogens with one attached hydrogen (secondary N) is 1. The van der Waals surface area contributed by atoms with Crippen LogP contribution in [0.15, 0.2) is 12.1 Å². The molecule has 7 nitrogen and oxygen atoms in total. The van der Waals surface area contributed by atoms with E-state index < -0.39 is 16.2 Å². The van der Waals surface area contributed by atoms with E-state index in [1.54, 1.807) is 0 Å². The van der Waals surface area contributed by atoms with E-state index in [0.29, 0.717) is 19.8 Å². The number of methoxy groups -OCH3 is 1. The summed E-state index contributed by atoms with van der Waals surface area (Å²) in [6.45, 7) is 0.955. The molecule has 1 aromatic rings. The number of rotatable bonds is 6. The number of anilines is 1. The maximum atomic E-state index is 13.5. The van der Waals surface area contributed by atoms with Crippen LogP contribution in [0.4, 0.5) is 15.8 Å². The van der Waals surface area contributed by atoms with Crippen molar-refractivity contribution in [2.75, 3.05) is 38.8 Å². The molecule has 0 aliphatic carbocycles. The number of benzene rings is 1. The van der Waals surface area contributed by atoms with Crippen molar-refractivity contribution in [1.82, 2.24) is 0 Å². The zero-order valence-electron chi connectivity index (χ0n) is 10.9. The van der Waals surface area contributed by atoms with Crippen LogP contribution in [0, 0.1) is 21.3 Å². The molecule has 1 aromatic carbocycles. The van der Waals surface area contributed by atoms with E-state index in [-0.39, 0.29) is 23.7 Å². The van der Waals surface area contributed by atoms with Gasteiger partial charge in [0.1, 0.15) is 5.69 Å². The van der Waals surface area contributed by atoms with Gasteiger partial charge in [-0.25, -0.2) is 4.39 Å². The van der Waals surface area contributed by atoms with Gasteiger partial charge in [0.25, 0.3) is 5.69 Å². The molecule has 20 heavy (non-hydrogen) atoms. The molecule has 0 spiro atoms. The van der Waals surface area contributed by atoms with Crippen molar-refractivity contribution in [3.63, 3.8) is 0 Å². The molecule has 8 heteroatoms. The number of nitrogens with zero attached hydrogens (tertiary/aromatic N) is 1. The van der Waals surface area contributed by atoms with Gasteiger partial charge in [-0.3, -0.25) is 10.1 Å². The minimum Gasteiger partial charge on any atom is -0.494 e. The van der Waals surface area contributed by atoms with Crippen LogP contribution in [0.3, 0.4) is 0 Å². The standard InChI is InChI=1S/C12H15FN2O5/c1-19-11-3-9(10(15(17)18)2-8(11)13)14-4-12(5-16)6-20-7-12/h2-3,14,16H,4-7H2,1H3. The second kappa shape index (κ2) is 5.59. The summed E-state index contributed by atoms with van der Waals surface area (Å²) in [7, 11) is 1.28. The third-order valence-electron chi connectivity index (χ3n) is 3.27. The Morgan fingerprint density at radius 2 is 2.30 bits per heavy atom. The lowest BCUT2D eigenvalue weighted by atomic mass is 9.87. The van der Waals surface area contributed by atoms with Crippen molar-refractivity contribution in [2.45, 2.75) is 0 Å². The van der Waals surface area contributed by atoms with Gasteiger partial charge in [-0.05, 0) is 0 Å². The first-order valence-corrected chi connectivity index (χ1v) is 5.96. The molecule has 1 saturated heterocycles. The predicted molar refractivity (Wildman–Crippen MR) is 68.4 cm³/mol. The molecule has 110 valence electrons. The maximum Gasteiger partial charge on any atom is 0.295 e. The molecule has 0 aromatic heterocycles. The van der Waals surface area contributed by atoms with Crippen molar-refractivity contribution in [3.05, 3.63) is 28.1 Å². The quantitative estimate of drug-likeness (QED) is 0.602. The third kappa shape index (κ3) is 2.66. The molecule has 0 radical (unpaired) electrons. The molecule has 0 saturated carbocycles. The summed E-state index contributed by atoms with van der Waals surface area (Å²) in [6, 6.07) is 2.04. The molecule has 1 fully saturated rings. The second-order valence-electron chi connectivity index (χ2n) is 4.77. The Bertz CT molecular complexity index is 513. The van der Waals surface area contributed by atoms with E-state index in [1.807, 2.05) is 0 Å². The van der Waals surface area contributed by atoms with Crippen LogP contribution in [0.25, 0.3) is 0 Å². The van der Waals surface area contributed by atoms with Crippen LogP contribution in [0.5, 0.6) is 5.75 Å². The molecule has 1 heterocycles. The fraction of sp³-hybridized carbons (Fsp3) is 0.500. The zero-order valence-corrected chi connectivity index (χ0v) is 10.9. The molecule has 2 rings (SSSR count). The average Bonchev–Trinajstić information content (AvgIpc) is 2.38. The Hall–Kier alpha value is -1.93. The van der Waals surface area contributed by atoms with Gasteiger partial charge >= 0.3 is 0 Å². The Morgan fingerprint density at radius 3 is 2.75 bits per heavy atom. The van der Waals surface area contributed by atoms with Gasteiger partial charge in [-0.1, -0.05) is 0 Å². The highest BCUT2D eigenvalue weighted by atomic mass is 19.1. The summed E-state index contributed by atoms with van der Waals surface area (Å²) < 4.78 is 23.3. The van der Waals surface area contributed by atoms with Gasteiger partial charge in [-0.2, -0.15) is 0 Å². The lowest BCUT2D eigenvalue weighted by molar-refractivity contribution is -0.384. The normalized spacial score (nSPS) is 16.4. The van der Waals surface area contributed by atoms with Gasteiger partial charge in [0.2, 0.25) is 0 Å². The van der Waals surface area contributed by atoms with Crippen molar-refractivity contribution >= 4 is 11.4 Å². The first kappa shape index (κ1) is 14.5. The molecule has 1 aliphatic rings. The number of hydrogen-bond acceptors (Lipinski definition) is 6. The van der Waals surface area contributed by atoms with Gasteiger partial charge in [0, 0.05) is 12.6 Å². The lowest BCUT2D eigenvalue weighted by Gasteiger charge is -2.40. The molecule has 0 unspecified atom stereocenters. The Kier molecular flexibility index (Phi) is 4.05. The first-order chi connectivity index (χ1) is 9.51. The van der Waals surface area contributed by atoms with E-state index in [4.69, 9.17) is 9.47 Å². The summed E-state index contributed by atoms with van der Waals surface area (Å²) in [5.41, 5.74) is -0.681. The Balaban J connectivity index is 2.22. The summed E-state index contributed by atoms with van der Waals surface area (Å²) in [5.74, 6) is -0.880. The zero-order chi connectivity index (χ0) is 14.8. The average molecular weight is 286 g/mol. The maximum absolute atomic E-state index is 13.5. The highest BCUT2D eigenvalue weighted by Gasteiger charge is 2.38. The molecular weight excluding hydrogens is 271 g/mol. The number of nitro groups is 1. The summed E-state index contributed by atoms with van der Waals surface area (Å²) in [4.78, 5) is 10.3. The van der Waals surface area contributed by atoms with Gasteiger partial charge in [-0.15, -0.1) is 0 Å². The van der Waals surface area contributed by atoms with Crippen molar-refractivity contribution in [1.29, 1.82) is 0 Å².